The van der Waals surface area contributed by atoms with E-state index in [2.05, 4.69) is 15.3 Å². The first-order chi connectivity index (χ1) is 7.78. The van der Waals surface area contributed by atoms with E-state index >= 15 is 0 Å². The van der Waals surface area contributed by atoms with Gasteiger partial charge in [0.2, 0.25) is 0 Å². The molecule has 0 bridgehead atoms. The van der Waals surface area contributed by atoms with Gasteiger partial charge in [0.15, 0.2) is 0 Å². The predicted molar refractivity (Wildman–Crippen MR) is 62.2 cm³/mol. The molecule has 1 aromatic carbocycles. The van der Waals surface area contributed by atoms with Crippen LogP contribution in [-0.4, -0.2) is 25.7 Å². The molecule has 0 saturated heterocycles. The SMILES string of the molecule is Nc1nccc(Nc2ccc([As]=O)cc2)n1. The minimum atomic E-state index is -0.962. The van der Waals surface area contributed by atoms with Crippen LogP contribution in [0.25, 0.3) is 0 Å². The van der Waals surface area contributed by atoms with Crippen LogP contribution in [0, 0.1) is 0 Å². The van der Waals surface area contributed by atoms with Gasteiger partial charge in [0.05, 0.1) is 0 Å². The first-order valence-corrected chi connectivity index (χ1v) is 6.27. The van der Waals surface area contributed by atoms with Gasteiger partial charge in [-0.25, -0.2) is 0 Å². The van der Waals surface area contributed by atoms with Crippen molar-refractivity contribution in [3.63, 3.8) is 0 Å². The van der Waals surface area contributed by atoms with Crippen LogP contribution in [0.15, 0.2) is 36.5 Å². The number of benzene rings is 1. The number of nitrogens with two attached hydrogens (primary N) is 1. The Labute approximate surface area is 99.0 Å². The van der Waals surface area contributed by atoms with Gasteiger partial charge in [0.1, 0.15) is 0 Å². The molecule has 80 valence electrons. The molecular weight excluding hydrogens is 267 g/mol. The summed E-state index contributed by atoms with van der Waals surface area (Å²) in [5.74, 6) is 0.863. The minimum absolute atomic E-state index is 0.228. The Kier molecular flexibility index (Phi) is 3.27. The number of nitrogen functional groups attached to an aromatic ring is 1. The zero-order valence-corrected chi connectivity index (χ0v) is 10.2. The second-order valence-corrected chi connectivity index (χ2v) is 4.53. The fraction of sp³-hybridized carbons (Fsp3) is 0. The average molecular weight is 276 g/mol. The van der Waals surface area contributed by atoms with Crippen molar-refractivity contribution < 1.29 is 3.74 Å². The van der Waals surface area contributed by atoms with Crippen LogP contribution in [0.2, 0.25) is 0 Å². The molecule has 0 amide bonds. The van der Waals surface area contributed by atoms with Crippen molar-refractivity contribution in [1.29, 1.82) is 0 Å². The molecule has 0 atom stereocenters. The molecule has 0 radical (unpaired) electrons. The fourth-order valence-corrected chi connectivity index (χ4v) is 1.77. The molecule has 0 aliphatic heterocycles. The standard InChI is InChI=1S/C10H9AsN4O/c12-10-13-6-5-9(15-10)14-8-3-1-7(11-16)2-4-8/h1-6H,(H3,12,13,14,15). The van der Waals surface area contributed by atoms with Crippen LogP contribution in [0.3, 0.4) is 0 Å². The predicted octanol–water partition coefficient (Wildman–Crippen LogP) is 0.477. The summed E-state index contributed by atoms with van der Waals surface area (Å²) < 4.78 is 11.5. The first-order valence-electron chi connectivity index (χ1n) is 4.57. The molecule has 0 aliphatic carbocycles. The van der Waals surface area contributed by atoms with Crippen LogP contribution in [0.1, 0.15) is 0 Å². The molecule has 2 rings (SSSR count). The van der Waals surface area contributed by atoms with Crippen LogP contribution in [-0.2, 0) is 3.74 Å². The van der Waals surface area contributed by atoms with Crippen molar-refractivity contribution in [3.8, 4) is 0 Å². The topological polar surface area (TPSA) is 80.9 Å². The van der Waals surface area contributed by atoms with E-state index in [9.17, 15) is 3.74 Å². The Morgan fingerprint density at radius 3 is 2.56 bits per heavy atom. The molecule has 16 heavy (non-hydrogen) atoms. The molecule has 0 fully saturated rings. The Morgan fingerprint density at radius 1 is 1.19 bits per heavy atom. The number of rotatable bonds is 3. The van der Waals surface area contributed by atoms with Gasteiger partial charge in [0.25, 0.3) is 0 Å². The van der Waals surface area contributed by atoms with Gasteiger partial charge in [0, 0.05) is 0 Å². The summed E-state index contributed by atoms with van der Waals surface area (Å²) >= 11 is -0.962. The third-order valence-corrected chi connectivity index (χ3v) is 2.99. The van der Waals surface area contributed by atoms with Crippen molar-refractivity contribution in [1.82, 2.24) is 9.97 Å². The van der Waals surface area contributed by atoms with Gasteiger partial charge in [-0.1, -0.05) is 0 Å². The van der Waals surface area contributed by atoms with Crippen molar-refractivity contribution in [2.24, 2.45) is 0 Å². The third-order valence-electron chi connectivity index (χ3n) is 1.92. The summed E-state index contributed by atoms with van der Waals surface area (Å²) in [6.45, 7) is 0. The number of nitrogens with zero attached hydrogens (tertiary/aromatic N) is 2. The fourth-order valence-electron chi connectivity index (χ4n) is 1.20. The molecule has 3 N–H and O–H groups in total. The van der Waals surface area contributed by atoms with E-state index in [1.165, 1.54) is 0 Å². The molecule has 1 heterocycles. The van der Waals surface area contributed by atoms with Crippen LogP contribution >= 0.6 is 0 Å². The van der Waals surface area contributed by atoms with E-state index in [4.69, 9.17) is 5.73 Å². The van der Waals surface area contributed by atoms with Gasteiger partial charge in [-0.05, 0) is 0 Å². The average Bonchev–Trinajstić information content (AvgIpc) is 2.30. The van der Waals surface area contributed by atoms with E-state index < -0.39 is 15.7 Å². The van der Waals surface area contributed by atoms with E-state index in [1.807, 2.05) is 24.3 Å². The maximum absolute atomic E-state index is 10.7. The van der Waals surface area contributed by atoms with Crippen molar-refractivity contribution in [2.75, 3.05) is 11.1 Å². The summed E-state index contributed by atoms with van der Waals surface area (Å²) in [4.78, 5) is 7.81. The van der Waals surface area contributed by atoms with E-state index in [0.29, 0.717) is 5.82 Å². The Hall–Kier alpha value is -1.74. The Balaban J connectivity index is 2.17. The van der Waals surface area contributed by atoms with Crippen LogP contribution in [0.4, 0.5) is 17.5 Å². The molecule has 1 aromatic heterocycles. The van der Waals surface area contributed by atoms with Gasteiger partial charge in [-0.3, -0.25) is 0 Å². The monoisotopic (exact) mass is 276 g/mol. The molecular formula is C10H9AsN4O. The summed E-state index contributed by atoms with van der Waals surface area (Å²) in [5.41, 5.74) is 6.33. The molecule has 0 unspecified atom stereocenters. The zero-order chi connectivity index (χ0) is 11.4. The van der Waals surface area contributed by atoms with Gasteiger partial charge >= 0.3 is 98.8 Å². The number of hydrogen-bond donors (Lipinski definition) is 2. The second-order valence-electron chi connectivity index (χ2n) is 3.06. The molecule has 6 heteroatoms. The number of aromatic nitrogens is 2. The van der Waals surface area contributed by atoms with E-state index in [1.54, 1.807) is 12.3 Å². The van der Waals surface area contributed by atoms with Crippen LogP contribution in [0.5, 0.6) is 0 Å². The Bertz CT molecular complexity index is 500. The summed E-state index contributed by atoms with van der Waals surface area (Å²) in [6, 6.07) is 9.06. The number of anilines is 3. The molecule has 5 nitrogen and oxygen atoms in total. The van der Waals surface area contributed by atoms with Gasteiger partial charge in [-0.2, -0.15) is 0 Å². The van der Waals surface area contributed by atoms with Crippen molar-refractivity contribution in [2.45, 2.75) is 0 Å². The zero-order valence-electron chi connectivity index (χ0n) is 8.29. The normalized spacial score (nSPS) is 10.2. The summed E-state index contributed by atoms with van der Waals surface area (Å²) in [7, 11) is 0. The quantitative estimate of drug-likeness (QED) is 0.797. The molecule has 2 aromatic rings. The van der Waals surface area contributed by atoms with Crippen molar-refractivity contribution in [3.05, 3.63) is 36.5 Å². The second kappa shape index (κ2) is 4.85. The third kappa shape index (κ3) is 2.64. The first kappa shape index (κ1) is 10.8. The molecule has 0 spiro atoms. The van der Waals surface area contributed by atoms with Crippen LogP contribution < -0.4 is 15.4 Å². The van der Waals surface area contributed by atoms with E-state index in [-0.39, 0.29) is 5.95 Å². The van der Waals surface area contributed by atoms with Gasteiger partial charge < -0.3 is 0 Å². The van der Waals surface area contributed by atoms with Gasteiger partial charge in [-0.15, -0.1) is 0 Å². The molecule has 0 saturated carbocycles. The maximum atomic E-state index is 10.7. The number of nitrogens with one attached hydrogen (secondary N) is 1. The Morgan fingerprint density at radius 2 is 1.94 bits per heavy atom. The number of hydrogen-bond acceptors (Lipinski definition) is 5. The van der Waals surface area contributed by atoms with E-state index in [0.717, 1.165) is 10.0 Å². The molecule has 0 aliphatic rings. The summed E-state index contributed by atoms with van der Waals surface area (Å²) in [5, 5.41) is 3.07. The van der Waals surface area contributed by atoms with Crippen molar-refractivity contribution >= 4 is 37.5 Å². The summed E-state index contributed by atoms with van der Waals surface area (Å²) in [6.07, 6.45) is 1.58.